The van der Waals surface area contributed by atoms with Crippen molar-refractivity contribution in [2.45, 2.75) is 46.0 Å². The van der Waals surface area contributed by atoms with Crippen LogP contribution in [0.3, 0.4) is 0 Å². The average molecular weight is 191 g/mol. The Morgan fingerprint density at radius 3 is 2.86 bits per heavy atom. The summed E-state index contributed by atoms with van der Waals surface area (Å²) in [6.45, 7) is 4.24. The van der Waals surface area contributed by atoms with Gasteiger partial charge < -0.3 is 4.98 Å². The Labute approximate surface area is 84.7 Å². The molecular weight excluding hydrogens is 174 g/mol. The van der Waals surface area contributed by atoms with Gasteiger partial charge in [-0.15, -0.1) is 0 Å². The smallest absolute Gasteiger partial charge is 0.164 e. The molecule has 0 fully saturated rings. The van der Waals surface area contributed by atoms with Gasteiger partial charge in [0.2, 0.25) is 0 Å². The van der Waals surface area contributed by atoms with E-state index in [1.165, 1.54) is 17.0 Å². The maximum atomic E-state index is 11.8. The number of ketones is 1. The van der Waals surface area contributed by atoms with Gasteiger partial charge in [0.05, 0.1) is 0 Å². The number of aromatic nitrogens is 1. The number of H-pyrrole nitrogens is 1. The highest BCUT2D eigenvalue weighted by Gasteiger charge is 2.23. The summed E-state index contributed by atoms with van der Waals surface area (Å²) in [6.07, 6.45) is 4.94. The maximum Gasteiger partial charge on any atom is 0.164 e. The fourth-order valence-electron chi connectivity index (χ4n) is 2.37. The van der Waals surface area contributed by atoms with Crippen LogP contribution in [-0.2, 0) is 12.8 Å². The van der Waals surface area contributed by atoms with E-state index in [1.807, 2.05) is 0 Å². The number of hydrogen-bond donors (Lipinski definition) is 1. The van der Waals surface area contributed by atoms with E-state index in [1.54, 1.807) is 0 Å². The van der Waals surface area contributed by atoms with Gasteiger partial charge in [0.25, 0.3) is 0 Å². The van der Waals surface area contributed by atoms with E-state index in [0.717, 1.165) is 37.7 Å². The molecule has 1 N–H and O–H groups in total. The molecule has 0 unspecified atom stereocenters. The molecule has 1 aromatic heterocycles. The fourth-order valence-corrected chi connectivity index (χ4v) is 2.37. The minimum Gasteiger partial charge on any atom is -0.362 e. The number of nitrogens with one attached hydrogen (secondary N) is 1. The van der Waals surface area contributed by atoms with Crippen LogP contribution in [0.15, 0.2) is 0 Å². The van der Waals surface area contributed by atoms with Crippen LogP contribution in [0.5, 0.6) is 0 Å². The highest BCUT2D eigenvalue weighted by atomic mass is 16.1. The van der Waals surface area contributed by atoms with Crippen molar-refractivity contribution < 1.29 is 4.79 Å². The lowest BCUT2D eigenvalue weighted by Gasteiger charge is -2.11. The van der Waals surface area contributed by atoms with Crippen LogP contribution < -0.4 is 0 Å². The number of fused-ring (bicyclic) bond motifs is 1. The number of Topliss-reactive ketones (excluding diaryl/α,β-unsaturated/α-hetero) is 1. The quantitative estimate of drug-likeness (QED) is 0.766. The Bertz CT molecular complexity index is 363. The van der Waals surface area contributed by atoms with E-state index in [0.29, 0.717) is 5.78 Å². The van der Waals surface area contributed by atoms with Crippen molar-refractivity contribution in [3.63, 3.8) is 0 Å². The second kappa shape index (κ2) is 3.60. The molecule has 76 valence electrons. The van der Waals surface area contributed by atoms with Gasteiger partial charge in [0.1, 0.15) is 0 Å². The van der Waals surface area contributed by atoms with Crippen LogP contribution in [-0.4, -0.2) is 10.8 Å². The van der Waals surface area contributed by atoms with Gasteiger partial charge in [-0.25, -0.2) is 0 Å². The molecule has 0 amide bonds. The molecule has 0 radical (unpaired) electrons. The molecule has 0 saturated carbocycles. The van der Waals surface area contributed by atoms with Crippen LogP contribution >= 0.6 is 0 Å². The number of carbonyl (C=O) groups excluding carboxylic acids is 1. The molecule has 0 spiro atoms. The third-order valence-electron chi connectivity index (χ3n) is 3.00. The number of aryl methyl sites for hydroxylation is 2. The van der Waals surface area contributed by atoms with Crippen molar-refractivity contribution in [3.05, 3.63) is 22.5 Å². The Morgan fingerprint density at radius 2 is 2.14 bits per heavy atom. The molecule has 14 heavy (non-hydrogen) atoms. The van der Waals surface area contributed by atoms with Crippen LogP contribution in [0, 0.1) is 6.92 Å². The first kappa shape index (κ1) is 9.50. The summed E-state index contributed by atoms with van der Waals surface area (Å²) in [5.41, 5.74) is 4.68. The predicted molar refractivity (Wildman–Crippen MR) is 56.8 cm³/mol. The SMILES string of the molecule is CCCc1c(C)[nH]c2c1C(=O)CCC2. The zero-order valence-corrected chi connectivity index (χ0v) is 8.94. The second-order valence-electron chi connectivity index (χ2n) is 4.11. The monoisotopic (exact) mass is 191 g/mol. The summed E-state index contributed by atoms with van der Waals surface area (Å²) in [5, 5.41) is 0. The van der Waals surface area contributed by atoms with Gasteiger partial charge in [0.15, 0.2) is 5.78 Å². The van der Waals surface area contributed by atoms with Crippen molar-refractivity contribution in [2.24, 2.45) is 0 Å². The van der Waals surface area contributed by atoms with Gasteiger partial charge in [0, 0.05) is 23.4 Å². The third kappa shape index (κ3) is 1.39. The Balaban J connectivity index is 2.48. The standard InChI is InChI=1S/C12H17NO/c1-3-5-9-8(2)13-10-6-4-7-11(14)12(9)10/h13H,3-7H2,1-2H3. The topological polar surface area (TPSA) is 32.9 Å². The largest absolute Gasteiger partial charge is 0.362 e. The molecule has 0 atom stereocenters. The van der Waals surface area contributed by atoms with E-state index in [-0.39, 0.29) is 0 Å². The average Bonchev–Trinajstić information content (AvgIpc) is 2.45. The molecule has 2 nitrogen and oxygen atoms in total. The van der Waals surface area contributed by atoms with E-state index >= 15 is 0 Å². The normalized spacial score (nSPS) is 15.7. The first-order valence-corrected chi connectivity index (χ1v) is 5.47. The maximum absolute atomic E-state index is 11.8. The summed E-state index contributed by atoms with van der Waals surface area (Å²) in [5.74, 6) is 0.346. The van der Waals surface area contributed by atoms with Gasteiger partial charge in [-0.05, 0) is 31.7 Å². The van der Waals surface area contributed by atoms with Crippen molar-refractivity contribution in [1.29, 1.82) is 0 Å². The summed E-state index contributed by atoms with van der Waals surface area (Å²) in [4.78, 5) is 15.1. The van der Waals surface area contributed by atoms with Crippen molar-refractivity contribution in [1.82, 2.24) is 4.98 Å². The van der Waals surface area contributed by atoms with Crippen LogP contribution in [0.2, 0.25) is 0 Å². The molecule has 2 rings (SSSR count). The Kier molecular flexibility index (Phi) is 2.44. The highest BCUT2D eigenvalue weighted by molar-refractivity contribution is 6.00. The predicted octanol–water partition coefficient (Wildman–Crippen LogP) is 2.79. The van der Waals surface area contributed by atoms with Gasteiger partial charge in [-0.3, -0.25) is 4.79 Å². The third-order valence-corrected chi connectivity index (χ3v) is 3.00. The van der Waals surface area contributed by atoms with Crippen LogP contribution in [0.4, 0.5) is 0 Å². The highest BCUT2D eigenvalue weighted by Crippen LogP contribution is 2.27. The minimum atomic E-state index is 0.346. The number of rotatable bonds is 2. The van der Waals surface area contributed by atoms with Crippen molar-refractivity contribution in [2.75, 3.05) is 0 Å². The lowest BCUT2D eigenvalue weighted by Crippen LogP contribution is -2.11. The zero-order valence-electron chi connectivity index (χ0n) is 8.94. The first-order valence-electron chi connectivity index (χ1n) is 5.47. The molecule has 2 heteroatoms. The lowest BCUT2D eigenvalue weighted by molar-refractivity contribution is 0.0971. The molecule has 0 bridgehead atoms. The van der Waals surface area contributed by atoms with E-state index in [9.17, 15) is 4.79 Å². The van der Waals surface area contributed by atoms with Gasteiger partial charge in [-0.1, -0.05) is 13.3 Å². The molecular formula is C12H17NO. The first-order chi connectivity index (χ1) is 6.74. The molecule has 1 aliphatic carbocycles. The van der Waals surface area contributed by atoms with E-state index < -0.39 is 0 Å². The Hall–Kier alpha value is -1.05. The lowest BCUT2D eigenvalue weighted by atomic mass is 9.92. The molecule has 1 aliphatic rings. The van der Waals surface area contributed by atoms with Gasteiger partial charge >= 0.3 is 0 Å². The summed E-state index contributed by atoms with van der Waals surface area (Å²) >= 11 is 0. The number of aromatic amines is 1. The number of carbonyl (C=O) groups is 1. The molecule has 0 saturated heterocycles. The second-order valence-corrected chi connectivity index (χ2v) is 4.11. The van der Waals surface area contributed by atoms with Crippen LogP contribution in [0.25, 0.3) is 0 Å². The molecule has 0 aromatic carbocycles. The molecule has 1 heterocycles. The summed E-state index contributed by atoms with van der Waals surface area (Å²) < 4.78 is 0. The number of hydrogen-bond acceptors (Lipinski definition) is 1. The Morgan fingerprint density at radius 1 is 1.36 bits per heavy atom. The van der Waals surface area contributed by atoms with Crippen LogP contribution in [0.1, 0.15) is 53.5 Å². The van der Waals surface area contributed by atoms with Gasteiger partial charge in [-0.2, -0.15) is 0 Å². The van der Waals surface area contributed by atoms with E-state index in [2.05, 4.69) is 18.8 Å². The summed E-state index contributed by atoms with van der Waals surface area (Å²) in [6, 6.07) is 0. The minimum absolute atomic E-state index is 0.346. The fraction of sp³-hybridized carbons (Fsp3) is 0.583. The van der Waals surface area contributed by atoms with E-state index in [4.69, 9.17) is 0 Å². The zero-order chi connectivity index (χ0) is 10.1. The van der Waals surface area contributed by atoms with Crippen molar-refractivity contribution >= 4 is 5.78 Å². The van der Waals surface area contributed by atoms with Crippen molar-refractivity contribution in [3.8, 4) is 0 Å². The summed E-state index contributed by atoms with van der Waals surface area (Å²) in [7, 11) is 0. The molecule has 1 aromatic rings. The molecule has 0 aliphatic heterocycles.